The predicted octanol–water partition coefficient (Wildman–Crippen LogP) is 3.68. The molecule has 0 saturated carbocycles. The number of rotatable bonds is 6. The summed E-state index contributed by atoms with van der Waals surface area (Å²) in [5, 5.41) is 15.1. The van der Waals surface area contributed by atoms with Crippen LogP contribution in [0.5, 0.6) is 5.75 Å². The minimum Gasteiger partial charge on any atom is -0.487 e. The Hall–Kier alpha value is -2.15. The summed E-state index contributed by atoms with van der Waals surface area (Å²) in [6.07, 6.45) is 0. The van der Waals surface area contributed by atoms with Gasteiger partial charge in [-0.3, -0.25) is 10.1 Å². The second-order valence-electron chi connectivity index (χ2n) is 4.48. The molecule has 0 aliphatic rings. The lowest BCUT2D eigenvalue weighted by Crippen LogP contribution is -2.02. The maximum atomic E-state index is 10.9. The largest absolute Gasteiger partial charge is 0.487 e. The smallest absolute Gasteiger partial charge is 0.311 e. The third kappa shape index (κ3) is 3.69. The fourth-order valence-corrected chi connectivity index (χ4v) is 2.71. The second-order valence-corrected chi connectivity index (χ2v) is 5.76. The van der Waals surface area contributed by atoms with Crippen molar-refractivity contribution in [2.24, 2.45) is 0 Å². The van der Waals surface area contributed by atoms with Gasteiger partial charge in [0.15, 0.2) is 5.75 Å². The number of nitrogens with one attached hydrogen (secondary N) is 1. The van der Waals surface area contributed by atoms with E-state index in [9.17, 15) is 10.1 Å². The van der Waals surface area contributed by atoms with Crippen LogP contribution in [0.1, 0.15) is 22.5 Å². The first kappa shape index (κ1) is 15.2. The number of thiazole rings is 1. The zero-order valence-electron chi connectivity index (χ0n) is 12.2. The highest BCUT2D eigenvalue weighted by Gasteiger charge is 2.15. The van der Waals surface area contributed by atoms with Crippen LogP contribution >= 0.6 is 11.3 Å². The number of nitrogens with zero attached hydrogens (tertiary/aromatic N) is 2. The molecule has 7 heteroatoms. The van der Waals surface area contributed by atoms with Crippen LogP contribution in [-0.2, 0) is 6.54 Å². The van der Waals surface area contributed by atoms with E-state index >= 15 is 0 Å². The van der Waals surface area contributed by atoms with Gasteiger partial charge in [0.05, 0.1) is 23.8 Å². The Bertz CT molecular complexity index is 635. The molecule has 0 unspecified atom stereocenters. The lowest BCUT2D eigenvalue weighted by molar-refractivity contribution is -0.385. The van der Waals surface area contributed by atoms with Crippen LogP contribution in [0.4, 0.5) is 11.4 Å². The number of ether oxygens (including phenoxy) is 1. The van der Waals surface area contributed by atoms with Gasteiger partial charge >= 0.3 is 5.69 Å². The van der Waals surface area contributed by atoms with Crippen molar-refractivity contribution in [1.29, 1.82) is 0 Å². The van der Waals surface area contributed by atoms with E-state index < -0.39 is 4.92 Å². The molecule has 0 aliphatic heterocycles. The van der Waals surface area contributed by atoms with E-state index in [2.05, 4.69) is 10.3 Å². The zero-order valence-corrected chi connectivity index (χ0v) is 13.0. The first-order valence-corrected chi connectivity index (χ1v) is 7.41. The van der Waals surface area contributed by atoms with Crippen LogP contribution < -0.4 is 10.1 Å². The molecule has 112 valence electrons. The van der Waals surface area contributed by atoms with Crippen molar-refractivity contribution in [2.75, 3.05) is 11.9 Å². The summed E-state index contributed by atoms with van der Waals surface area (Å²) in [6.45, 7) is 6.78. The standard InChI is InChI=1S/C14H17N3O3S/c1-4-20-13-7-11(5-6-12(13)17(18)19)15-8-14-16-9(2)10(3)21-14/h5-7,15H,4,8H2,1-3H3. The summed E-state index contributed by atoms with van der Waals surface area (Å²) in [5.74, 6) is 0.277. The number of nitro groups is 1. The van der Waals surface area contributed by atoms with Crippen molar-refractivity contribution in [1.82, 2.24) is 4.98 Å². The number of hydrogen-bond donors (Lipinski definition) is 1. The molecular weight excluding hydrogens is 290 g/mol. The van der Waals surface area contributed by atoms with E-state index in [0.29, 0.717) is 13.2 Å². The van der Waals surface area contributed by atoms with Crippen molar-refractivity contribution < 1.29 is 9.66 Å². The van der Waals surface area contributed by atoms with Crippen LogP contribution in [0.2, 0.25) is 0 Å². The van der Waals surface area contributed by atoms with E-state index in [1.54, 1.807) is 30.4 Å². The highest BCUT2D eigenvalue weighted by molar-refractivity contribution is 7.11. The van der Waals surface area contributed by atoms with Crippen molar-refractivity contribution in [3.8, 4) is 5.75 Å². The first-order valence-electron chi connectivity index (χ1n) is 6.59. The Morgan fingerprint density at radius 3 is 2.76 bits per heavy atom. The number of nitro benzene ring substituents is 1. The first-order chi connectivity index (χ1) is 10.0. The van der Waals surface area contributed by atoms with E-state index in [1.165, 1.54) is 10.9 Å². The zero-order chi connectivity index (χ0) is 15.4. The van der Waals surface area contributed by atoms with Crippen molar-refractivity contribution >= 4 is 22.7 Å². The summed E-state index contributed by atoms with van der Waals surface area (Å²) < 4.78 is 5.32. The molecule has 2 aromatic rings. The van der Waals surface area contributed by atoms with Gasteiger partial charge in [-0.2, -0.15) is 0 Å². The van der Waals surface area contributed by atoms with E-state index in [-0.39, 0.29) is 11.4 Å². The molecule has 0 atom stereocenters. The summed E-state index contributed by atoms with van der Waals surface area (Å²) in [7, 11) is 0. The normalized spacial score (nSPS) is 10.4. The number of aryl methyl sites for hydroxylation is 2. The van der Waals surface area contributed by atoms with Gasteiger partial charge in [0.2, 0.25) is 0 Å². The fourth-order valence-electron chi connectivity index (χ4n) is 1.84. The lowest BCUT2D eigenvalue weighted by atomic mass is 10.2. The van der Waals surface area contributed by atoms with Gasteiger partial charge in [0, 0.05) is 22.7 Å². The Morgan fingerprint density at radius 1 is 1.43 bits per heavy atom. The van der Waals surface area contributed by atoms with Gasteiger partial charge in [0.1, 0.15) is 5.01 Å². The third-order valence-corrected chi connectivity index (χ3v) is 4.05. The Labute approximate surface area is 126 Å². The molecule has 0 amide bonds. The van der Waals surface area contributed by atoms with Gasteiger partial charge in [0.25, 0.3) is 0 Å². The summed E-state index contributed by atoms with van der Waals surface area (Å²) >= 11 is 1.64. The average Bonchev–Trinajstić information content (AvgIpc) is 2.76. The van der Waals surface area contributed by atoms with Crippen LogP contribution in [0.25, 0.3) is 0 Å². The Balaban J connectivity index is 2.13. The number of hydrogen-bond acceptors (Lipinski definition) is 6. The number of aromatic nitrogens is 1. The minimum atomic E-state index is -0.442. The molecule has 1 heterocycles. The van der Waals surface area contributed by atoms with E-state index in [0.717, 1.165) is 16.4 Å². The third-order valence-electron chi connectivity index (χ3n) is 2.97. The summed E-state index contributed by atoms with van der Waals surface area (Å²) in [4.78, 5) is 16.1. The lowest BCUT2D eigenvalue weighted by Gasteiger charge is -2.08. The molecule has 1 aromatic carbocycles. The molecule has 0 saturated heterocycles. The van der Waals surface area contributed by atoms with Gasteiger partial charge in [-0.1, -0.05) is 0 Å². The quantitative estimate of drug-likeness (QED) is 0.650. The number of anilines is 1. The van der Waals surface area contributed by atoms with Crippen LogP contribution in [-0.4, -0.2) is 16.5 Å². The van der Waals surface area contributed by atoms with E-state index in [4.69, 9.17) is 4.74 Å². The van der Waals surface area contributed by atoms with Gasteiger partial charge in [-0.15, -0.1) is 11.3 Å². The monoisotopic (exact) mass is 307 g/mol. The van der Waals surface area contributed by atoms with Crippen LogP contribution in [0.3, 0.4) is 0 Å². The molecule has 0 bridgehead atoms. The topological polar surface area (TPSA) is 77.3 Å². The predicted molar refractivity (Wildman–Crippen MR) is 83.2 cm³/mol. The summed E-state index contributed by atoms with van der Waals surface area (Å²) in [6, 6.07) is 4.77. The maximum Gasteiger partial charge on any atom is 0.311 e. The van der Waals surface area contributed by atoms with Crippen LogP contribution in [0.15, 0.2) is 18.2 Å². The molecule has 0 fully saturated rings. The maximum absolute atomic E-state index is 10.9. The van der Waals surface area contributed by atoms with Gasteiger partial charge in [-0.05, 0) is 26.8 Å². The molecule has 0 spiro atoms. The Kier molecular flexibility index (Phi) is 4.74. The highest BCUT2D eigenvalue weighted by Crippen LogP contribution is 2.30. The molecule has 21 heavy (non-hydrogen) atoms. The molecular formula is C14H17N3O3S. The Morgan fingerprint density at radius 2 is 2.19 bits per heavy atom. The molecule has 1 aromatic heterocycles. The minimum absolute atomic E-state index is 0.0247. The molecule has 1 N–H and O–H groups in total. The fraction of sp³-hybridized carbons (Fsp3) is 0.357. The second kappa shape index (κ2) is 6.53. The average molecular weight is 307 g/mol. The van der Waals surface area contributed by atoms with Gasteiger partial charge < -0.3 is 10.1 Å². The highest BCUT2D eigenvalue weighted by atomic mass is 32.1. The van der Waals surface area contributed by atoms with Crippen LogP contribution in [0, 0.1) is 24.0 Å². The molecule has 6 nitrogen and oxygen atoms in total. The van der Waals surface area contributed by atoms with Crippen molar-refractivity contribution in [3.63, 3.8) is 0 Å². The van der Waals surface area contributed by atoms with E-state index in [1.807, 2.05) is 13.8 Å². The molecule has 0 radical (unpaired) electrons. The van der Waals surface area contributed by atoms with Crippen molar-refractivity contribution in [2.45, 2.75) is 27.3 Å². The van der Waals surface area contributed by atoms with Crippen molar-refractivity contribution in [3.05, 3.63) is 43.9 Å². The summed E-state index contributed by atoms with van der Waals surface area (Å²) in [5.41, 5.74) is 1.79. The molecule has 2 rings (SSSR count). The van der Waals surface area contributed by atoms with Gasteiger partial charge in [-0.25, -0.2) is 4.98 Å². The number of benzene rings is 1. The SMILES string of the molecule is CCOc1cc(NCc2nc(C)c(C)s2)ccc1[N+](=O)[O-]. The molecule has 0 aliphatic carbocycles.